The van der Waals surface area contributed by atoms with Gasteiger partial charge in [0.2, 0.25) is 5.91 Å². The van der Waals surface area contributed by atoms with Gasteiger partial charge in [-0.15, -0.1) is 0 Å². The molecular weight excluding hydrogens is 230 g/mol. The van der Waals surface area contributed by atoms with Crippen LogP contribution in [-0.4, -0.2) is 37.5 Å². The summed E-state index contributed by atoms with van der Waals surface area (Å²) < 4.78 is 4.58. The molecule has 4 nitrogen and oxygen atoms in total. The van der Waals surface area contributed by atoms with Crippen molar-refractivity contribution in [3.63, 3.8) is 0 Å². The lowest BCUT2D eigenvalue weighted by Gasteiger charge is -2.22. The molecule has 1 aromatic rings. The van der Waals surface area contributed by atoms with Crippen molar-refractivity contribution in [2.45, 2.75) is 18.3 Å². The third-order valence-electron chi connectivity index (χ3n) is 3.43. The first-order valence-corrected chi connectivity index (χ1v) is 5.98. The Kier molecular flexibility index (Phi) is 3.36. The third-order valence-corrected chi connectivity index (χ3v) is 3.43. The molecule has 18 heavy (non-hydrogen) atoms. The van der Waals surface area contributed by atoms with E-state index < -0.39 is 11.4 Å². The molecule has 0 atom stereocenters. The van der Waals surface area contributed by atoms with Crippen LogP contribution < -0.4 is 0 Å². The number of benzene rings is 1. The summed E-state index contributed by atoms with van der Waals surface area (Å²) in [5.41, 5.74) is 0.621. The summed E-state index contributed by atoms with van der Waals surface area (Å²) in [7, 11) is 2.97. The van der Waals surface area contributed by atoms with Crippen molar-refractivity contribution in [2.24, 2.45) is 0 Å². The maximum atomic E-state index is 12.4. The summed E-state index contributed by atoms with van der Waals surface area (Å²) in [6, 6.07) is 9.74. The van der Waals surface area contributed by atoms with Gasteiger partial charge in [-0.2, -0.15) is 0 Å². The van der Waals surface area contributed by atoms with E-state index in [0.717, 1.165) is 18.4 Å². The molecule has 1 aliphatic rings. The number of ether oxygens (including phenoxy) is 1. The molecule has 0 N–H and O–H groups in total. The van der Waals surface area contributed by atoms with Gasteiger partial charge in [0.1, 0.15) is 6.54 Å². The number of nitrogens with zero attached hydrogens (tertiary/aromatic N) is 1. The second kappa shape index (κ2) is 4.80. The zero-order chi connectivity index (χ0) is 13.2. The van der Waals surface area contributed by atoms with Crippen LogP contribution in [0.3, 0.4) is 0 Å². The van der Waals surface area contributed by atoms with Crippen LogP contribution in [0, 0.1) is 0 Å². The van der Waals surface area contributed by atoms with Crippen LogP contribution in [0.15, 0.2) is 30.3 Å². The fraction of sp³-hybridized carbons (Fsp3) is 0.429. The minimum atomic E-state index is -0.413. The minimum absolute atomic E-state index is 0.000833. The van der Waals surface area contributed by atoms with Gasteiger partial charge in [-0.3, -0.25) is 9.59 Å². The van der Waals surface area contributed by atoms with Crippen LogP contribution in [0.1, 0.15) is 18.4 Å². The van der Waals surface area contributed by atoms with Crippen LogP contribution in [0.2, 0.25) is 0 Å². The van der Waals surface area contributed by atoms with E-state index in [4.69, 9.17) is 0 Å². The van der Waals surface area contributed by atoms with Crippen molar-refractivity contribution in [1.29, 1.82) is 0 Å². The zero-order valence-corrected chi connectivity index (χ0v) is 10.7. The molecule has 0 bridgehead atoms. The Morgan fingerprint density at radius 3 is 2.39 bits per heavy atom. The molecular formula is C14H17NO3. The van der Waals surface area contributed by atoms with E-state index in [9.17, 15) is 9.59 Å². The number of methoxy groups -OCH3 is 1. The van der Waals surface area contributed by atoms with E-state index in [1.807, 2.05) is 30.3 Å². The topological polar surface area (TPSA) is 46.6 Å². The van der Waals surface area contributed by atoms with Crippen LogP contribution >= 0.6 is 0 Å². The number of carbonyl (C=O) groups is 2. The van der Waals surface area contributed by atoms with Gasteiger partial charge in [-0.05, 0) is 18.4 Å². The van der Waals surface area contributed by atoms with E-state index in [-0.39, 0.29) is 12.5 Å². The maximum absolute atomic E-state index is 12.4. The smallest absolute Gasteiger partial charge is 0.325 e. The Hall–Kier alpha value is -1.84. The van der Waals surface area contributed by atoms with Gasteiger partial charge in [0, 0.05) is 7.05 Å². The Labute approximate surface area is 107 Å². The summed E-state index contributed by atoms with van der Waals surface area (Å²) in [6.45, 7) is 0.00389. The summed E-state index contributed by atoms with van der Waals surface area (Å²) in [4.78, 5) is 25.0. The van der Waals surface area contributed by atoms with Gasteiger partial charge in [-0.1, -0.05) is 30.3 Å². The summed E-state index contributed by atoms with van der Waals surface area (Å²) in [6.07, 6.45) is 1.70. The molecule has 1 saturated carbocycles. The number of esters is 1. The number of rotatable bonds is 4. The molecule has 96 valence electrons. The third kappa shape index (κ3) is 2.23. The zero-order valence-electron chi connectivity index (χ0n) is 10.7. The van der Waals surface area contributed by atoms with E-state index in [0.29, 0.717) is 0 Å². The van der Waals surface area contributed by atoms with Gasteiger partial charge >= 0.3 is 5.97 Å². The molecule has 1 aromatic carbocycles. The molecule has 4 heteroatoms. The monoisotopic (exact) mass is 247 g/mol. The van der Waals surface area contributed by atoms with E-state index >= 15 is 0 Å². The highest BCUT2D eigenvalue weighted by Gasteiger charge is 2.52. The minimum Gasteiger partial charge on any atom is -0.468 e. The van der Waals surface area contributed by atoms with Crippen molar-refractivity contribution in [2.75, 3.05) is 20.7 Å². The van der Waals surface area contributed by atoms with Crippen LogP contribution in [0.4, 0.5) is 0 Å². The van der Waals surface area contributed by atoms with Crippen LogP contribution in [0.25, 0.3) is 0 Å². The first-order valence-electron chi connectivity index (χ1n) is 5.98. The lowest BCUT2D eigenvalue weighted by Crippen LogP contribution is -2.39. The lowest BCUT2D eigenvalue weighted by molar-refractivity contribution is -0.146. The summed E-state index contributed by atoms with van der Waals surface area (Å²) in [5.74, 6) is -0.395. The molecule has 1 amide bonds. The van der Waals surface area contributed by atoms with E-state index in [2.05, 4.69) is 4.74 Å². The number of amides is 1. The second-order valence-electron chi connectivity index (χ2n) is 4.69. The lowest BCUT2D eigenvalue weighted by atomic mass is 9.94. The highest BCUT2D eigenvalue weighted by Crippen LogP contribution is 2.49. The second-order valence-corrected chi connectivity index (χ2v) is 4.69. The summed E-state index contributed by atoms with van der Waals surface area (Å²) in [5, 5.41) is 0. The molecule has 0 aliphatic heterocycles. The van der Waals surface area contributed by atoms with E-state index in [1.54, 1.807) is 7.05 Å². The normalized spacial score (nSPS) is 15.9. The van der Waals surface area contributed by atoms with Crippen molar-refractivity contribution < 1.29 is 14.3 Å². The van der Waals surface area contributed by atoms with Crippen molar-refractivity contribution in [3.8, 4) is 0 Å². The Bertz CT molecular complexity index is 451. The molecule has 0 spiro atoms. The molecule has 1 fully saturated rings. The largest absolute Gasteiger partial charge is 0.468 e. The first kappa shape index (κ1) is 12.6. The number of carbonyl (C=O) groups excluding carboxylic acids is 2. The Balaban J connectivity index is 2.12. The van der Waals surface area contributed by atoms with Gasteiger partial charge in [0.05, 0.1) is 12.5 Å². The van der Waals surface area contributed by atoms with Crippen LogP contribution in [0.5, 0.6) is 0 Å². The van der Waals surface area contributed by atoms with Crippen molar-refractivity contribution >= 4 is 11.9 Å². The number of hydrogen-bond donors (Lipinski definition) is 0. The van der Waals surface area contributed by atoms with Crippen molar-refractivity contribution in [3.05, 3.63) is 35.9 Å². The molecule has 0 radical (unpaired) electrons. The molecule has 2 rings (SSSR count). The molecule has 0 unspecified atom stereocenters. The average Bonchev–Trinajstić information content (AvgIpc) is 3.20. The predicted octanol–water partition coefficient (Wildman–Crippen LogP) is 1.35. The first-order chi connectivity index (χ1) is 8.60. The standard InChI is InChI=1S/C14H17NO3/c1-15(10-12(16)18-2)13(17)14(8-9-14)11-6-4-3-5-7-11/h3-7H,8-10H2,1-2H3. The summed E-state index contributed by atoms with van der Waals surface area (Å²) >= 11 is 0. The Morgan fingerprint density at radius 1 is 1.28 bits per heavy atom. The quantitative estimate of drug-likeness (QED) is 0.754. The van der Waals surface area contributed by atoms with Gasteiger partial charge in [0.15, 0.2) is 0 Å². The highest BCUT2D eigenvalue weighted by molar-refractivity contribution is 5.93. The van der Waals surface area contributed by atoms with Gasteiger partial charge in [-0.25, -0.2) is 0 Å². The maximum Gasteiger partial charge on any atom is 0.325 e. The highest BCUT2D eigenvalue weighted by atomic mass is 16.5. The van der Waals surface area contributed by atoms with Gasteiger partial charge in [0.25, 0.3) is 0 Å². The Morgan fingerprint density at radius 2 is 1.89 bits per heavy atom. The fourth-order valence-electron chi connectivity index (χ4n) is 2.20. The number of likely N-dealkylation sites (N-methyl/N-ethyl adjacent to an activating group) is 1. The molecule has 0 aromatic heterocycles. The fourth-order valence-corrected chi connectivity index (χ4v) is 2.20. The molecule has 0 heterocycles. The van der Waals surface area contributed by atoms with E-state index in [1.165, 1.54) is 12.0 Å². The number of hydrogen-bond acceptors (Lipinski definition) is 3. The molecule has 0 saturated heterocycles. The SMILES string of the molecule is COC(=O)CN(C)C(=O)C1(c2ccccc2)CC1. The predicted molar refractivity (Wildman–Crippen MR) is 67.0 cm³/mol. The molecule has 1 aliphatic carbocycles. The average molecular weight is 247 g/mol. The van der Waals surface area contributed by atoms with Crippen molar-refractivity contribution in [1.82, 2.24) is 4.90 Å². The van der Waals surface area contributed by atoms with Gasteiger partial charge < -0.3 is 9.64 Å². The van der Waals surface area contributed by atoms with Crippen LogP contribution in [-0.2, 0) is 19.7 Å².